The van der Waals surface area contributed by atoms with Gasteiger partial charge in [-0.25, -0.2) is 0 Å². The van der Waals surface area contributed by atoms with Crippen LogP contribution in [-0.4, -0.2) is 33.8 Å². The van der Waals surface area contributed by atoms with E-state index < -0.39 is 0 Å². The summed E-state index contributed by atoms with van der Waals surface area (Å²) in [6.07, 6.45) is 0.347. The summed E-state index contributed by atoms with van der Waals surface area (Å²) in [5, 5.41) is 3.25. The minimum atomic E-state index is -0.221. The largest absolute Gasteiger partial charge is 0.497 e. The zero-order valence-corrected chi connectivity index (χ0v) is 11.9. The Kier molecular flexibility index (Phi) is 6.15. The molecule has 1 N–H and O–H groups in total. The third kappa shape index (κ3) is 4.44. The monoisotopic (exact) mass is 267 g/mol. The van der Waals surface area contributed by atoms with E-state index in [1.54, 1.807) is 14.2 Å². The van der Waals surface area contributed by atoms with Crippen molar-refractivity contribution in [1.29, 1.82) is 0 Å². The van der Waals surface area contributed by atoms with Crippen LogP contribution in [0.3, 0.4) is 0 Å². The maximum Gasteiger partial charge on any atom is 0.306 e. The van der Waals surface area contributed by atoms with Crippen LogP contribution in [0.4, 0.5) is 0 Å². The Morgan fingerprint density at radius 2 is 2.00 bits per heavy atom. The number of methoxy groups -OCH3 is 3. The van der Waals surface area contributed by atoms with E-state index in [-0.39, 0.29) is 12.0 Å². The second kappa shape index (κ2) is 7.63. The van der Waals surface area contributed by atoms with E-state index in [2.05, 4.69) is 10.1 Å². The van der Waals surface area contributed by atoms with Gasteiger partial charge in [-0.3, -0.25) is 4.79 Å². The van der Waals surface area contributed by atoms with Crippen molar-refractivity contribution in [3.8, 4) is 11.5 Å². The van der Waals surface area contributed by atoms with E-state index in [0.717, 1.165) is 17.1 Å². The summed E-state index contributed by atoms with van der Waals surface area (Å²) in [6, 6.07) is 5.75. The summed E-state index contributed by atoms with van der Waals surface area (Å²) in [5.74, 6) is 1.29. The number of ether oxygens (including phenoxy) is 3. The molecule has 19 heavy (non-hydrogen) atoms. The lowest BCUT2D eigenvalue weighted by atomic mass is 10.1. The Bertz CT molecular complexity index is 420. The van der Waals surface area contributed by atoms with E-state index in [4.69, 9.17) is 9.47 Å². The molecule has 1 unspecified atom stereocenters. The van der Waals surface area contributed by atoms with E-state index in [1.807, 2.05) is 25.1 Å². The fourth-order valence-electron chi connectivity index (χ4n) is 1.78. The van der Waals surface area contributed by atoms with E-state index in [1.165, 1.54) is 7.11 Å². The molecule has 0 fully saturated rings. The van der Waals surface area contributed by atoms with Crippen LogP contribution in [0.25, 0.3) is 0 Å². The zero-order chi connectivity index (χ0) is 14.3. The molecule has 0 aliphatic carbocycles. The van der Waals surface area contributed by atoms with Crippen molar-refractivity contribution in [1.82, 2.24) is 5.32 Å². The molecule has 5 heteroatoms. The first-order chi connectivity index (χ1) is 9.12. The molecule has 1 rings (SSSR count). The lowest BCUT2D eigenvalue weighted by Crippen LogP contribution is -2.22. The number of hydrogen-bond donors (Lipinski definition) is 1. The normalized spacial score (nSPS) is 11.8. The minimum Gasteiger partial charge on any atom is -0.497 e. The van der Waals surface area contributed by atoms with Gasteiger partial charge in [0.05, 0.1) is 27.8 Å². The topological polar surface area (TPSA) is 56.8 Å². The van der Waals surface area contributed by atoms with Crippen LogP contribution in [-0.2, 0) is 9.53 Å². The van der Waals surface area contributed by atoms with Crippen LogP contribution >= 0.6 is 0 Å². The molecule has 1 aromatic rings. The van der Waals surface area contributed by atoms with Gasteiger partial charge in [-0.1, -0.05) is 6.07 Å². The van der Waals surface area contributed by atoms with E-state index in [0.29, 0.717) is 13.0 Å². The zero-order valence-electron chi connectivity index (χ0n) is 11.9. The van der Waals surface area contributed by atoms with Gasteiger partial charge in [0.1, 0.15) is 11.5 Å². The van der Waals surface area contributed by atoms with Crippen molar-refractivity contribution in [2.45, 2.75) is 19.4 Å². The lowest BCUT2D eigenvalue weighted by molar-refractivity contribution is -0.140. The van der Waals surface area contributed by atoms with Gasteiger partial charge < -0.3 is 19.5 Å². The molecule has 0 amide bonds. The van der Waals surface area contributed by atoms with Crippen LogP contribution in [0, 0.1) is 0 Å². The highest BCUT2D eigenvalue weighted by molar-refractivity contribution is 5.69. The lowest BCUT2D eigenvalue weighted by Gasteiger charge is -2.17. The van der Waals surface area contributed by atoms with Crippen LogP contribution in [0.1, 0.15) is 24.9 Å². The van der Waals surface area contributed by atoms with Crippen LogP contribution in [0.15, 0.2) is 18.2 Å². The van der Waals surface area contributed by atoms with Gasteiger partial charge in [-0.15, -0.1) is 0 Å². The van der Waals surface area contributed by atoms with Gasteiger partial charge in [-0.2, -0.15) is 0 Å². The Morgan fingerprint density at radius 3 is 2.58 bits per heavy atom. The minimum absolute atomic E-state index is 0.0745. The third-order valence-corrected chi connectivity index (χ3v) is 2.91. The predicted molar refractivity (Wildman–Crippen MR) is 72.6 cm³/mol. The second-order valence-corrected chi connectivity index (χ2v) is 4.11. The molecule has 0 heterocycles. The summed E-state index contributed by atoms with van der Waals surface area (Å²) in [4.78, 5) is 11.0. The molecule has 106 valence electrons. The highest BCUT2D eigenvalue weighted by Gasteiger charge is 2.12. The number of rotatable bonds is 7. The molecule has 0 radical (unpaired) electrons. The molecule has 0 aliphatic heterocycles. The fourth-order valence-corrected chi connectivity index (χ4v) is 1.78. The van der Waals surface area contributed by atoms with Gasteiger partial charge in [0.25, 0.3) is 0 Å². The van der Waals surface area contributed by atoms with Crippen molar-refractivity contribution >= 4 is 5.97 Å². The maximum atomic E-state index is 11.0. The molecule has 5 nitrogen and oxygen atoms in total. The van der Waals surface area contributed by atoms with Crippen molar-refractivity contribution in [3.63, 3.8) is 0 Å². The Hall–Kier alpha value is -1.75. The van der Waals surface area contributed by atoms with Crippen molar-refractivity contribution < 1.29 is 19.0 Å². The summed E-state index contributed by atoms with van der Waals surface area (Å²) >= 11 is 0. The molecule has 1 aromatic carbocycles. The molecule has 0 saturated carbocycles. The van der Waals surface area contributed by atoms with Crippen molar-refractivity contribution in [2.75, 3.05) is 27.9 Å². The number of benzene rings is 1. The van der Waals surface area contributed by atoms with Gasteiger partial charge >= 0.3 is 5.97 Å². The molecule has 0 aliphatic rings. The number of carbonyl (C=O) groups is 1. The molecule has 0 aromatic heterocycles. The number of esters is 1. The van der Waals surface area contributed by atoms with Crippen LogP contribution < -0.4 is 14.8 Å². The van der Waals surface area contributed by atoms with E-state index >= 15 is 0 Å². The summed E-state index contributed by atoms with van der Waals surface area (Å²) in [7, 11) is 4.63. The number of carbonyl (C=O) groups excluding carboxylic acids is 1. The second-order valence-electron chi connectivity index (χ2n) is 4.11. The maximum absolute atomic E-state index is 11.0. The first-order valence-electron chi connectivity index (χ1n) is 6.14. The highest BCUT2D eigenvalue weighted by atomic mass is 16.5. The Balaban J connectivity index is 2.65. The smallest absolute Gasteiger partial charge is 0.306 e. The molecule has 0 spiro atoms. The standard InChI is InChI=1S/C14H21NO4/c1-10(15-8-7-14(16)19-4)12-6-5-11(17-2)9-13(12)18-3/h5-6,9-10,15H,7-8H2,1-4H3. The third-order valence-electron chi connectivity index (χ3n) is 2.91. The fraction of sp³-hybridized carbons (Fsp3) is 0.500. The van der Waals surface area contributed by atoms with Crippen LogP contribution in [0.5, 0.6) is 11.5 Å². The molecule has 1 atom stereocenters. The van der Waals surface area contributed by atoms with E-state index in [9.17, 15) is 4.79 Å². The SMILES string of the molecule is COC(=O)CCNC(C)c1ccc(OC)cc1OC. The first kappa shape index (κ1) is 15.3. The molecule has 0 bridgehead atoms. The number of nitrogens with one attached hydrogen (secondary N) is 1. The first-order valence-corrected chi connectivity index (χ1v) is 6.14. The summed E-state index contributed by atoms with van der Waals surface area (Å²) in [6.45, 7) is 2.57. The molecular formula is C14H21NO4. The Morgan fingerprint density at radius 1 is 1.26 bits per heavy atom. The summed E-state index contributed by atoms with van der Waals surface area (Å²) in [5.41, 5.74) is 1.02. The predicted octanol–water partition coefficient (Wildman–Crippen LogP) is 1.92. The van der Waals surface area contributed by atoms with Gasteiger partial charge in [0.2, 0.25) is 0 Å². The number of hydrogen-bond acceptors (Lipinski definition) is 5. The molecular weight excluding hydrogens is 246 g/mol. The van der Waals surface area contributed by atoms with Gasteiger partial charge in [-0.05, 0) is 13.0 Å². The quantitative estimate of drug-likeness (QED) is 0.765. The van der Waals surface area contributed by atoms with Crippen LogP contribution in [0.2, 0.25) is 0 Å². The Labute approximate surface area is 113 Å². The summed E-state index contributed by atoms with van der Waals surface area (Å²) < 4.78 is 15.1. The van der Waals surface area contributed by atoms with Crippen molar-refractivity contribution in [3.05, 3.63) is 23.8 Å². The average molecular weight is 267 g/mol. The molecule has 0 saturated heterocycles. The average Bonchev–Trinajstić information content (AvgIpc) is 2.45. The van der Waals surface area contributed by atoms with Crippen molar-refractivity contribution in [2.24, 2.45) is 0 Å². The highest BCUT2D eigenvalue weighted by Crippen LogP contribution is 2.29. The van der Waals surface area contributed by atoms with Gasteiger partial charge in [0, 0.05) is 24.2 Å². The van der Waals surface area contributed by atoms with Gasteiger partial charge in [0.15, 0.2) is 0 Å².